The van der Waals surface area contributed by atoms with Crippen LogP contribution < -0.4 is 5.32 Å². The number of oxime groups is 1. The van der Waals surface area contributed by atoms with Gasteiger partial charge in [-0.2, -0.15) is 0 Å². The number of hydrogen-bond acceptors (Lipinski definition) is 7. The van der Waals surface area contributed by atoms with Crippen LogP contribution in [0.5, 0.6) is 0 Å². The molecule has 1 unspecified atom stereocenters. The summed E-state index contributed by atoms with van der Waals surface area (Å²) in [6.45, 7) is 11.2. The van der Waals surface area contributed by atoms with Gasteiger partial charge in [0.2, 0.25) is 0 Å². The maximum atomic E-state index is 12.8. The lowest BCUT2D eigenvalue weighted by Crippen LogP contribution is -2.31. The van der Waals surface area contributed by atoms with E-state index in [1.807, 2.05) is 34.6 Å². The third-order valence-electron chi connectivity index (χ3n) is 4.48. The van der Waals surface area contributed by atoms with Crippen LogP contribution in [0.25, 0.3) is 0 Å². The van der Waals surface area contributed by atoms with E-state index in [-0.39, 0.29) is 18.4 Å². The molecule has 8 nitrogen and oxygen atoms in total. The van der Waals surface area contributed by atoms with Gasteiger partial charge in [0.25, 0.3) is 5.69 Å². The molecule has 1 atom stereocenters. The smallest absolute Gasteiger partial charge is 0.336 e. The molecule has 1 aliphatic rings. The first kappa shape index (κ1) is 22.1. The van der Waals surface area contributed by atoms with Gasteiger partial charge in [-0.15, -0.1) is 0 Å². The lowest BCUT2D eigenvalue weighted by molar-refractivity contribution is -0.384. The topological polar surface area (TPSA) is 103 Å². The van der Waals surface area contributed by atoms with E-state index in [0.717, 1.165) is 16.8 Å². The van der Waals surface area contributed by atoms with Crippen LogP contribution in [0.3, 0.4) is 0 Å². The fourth-order valence-electron chi connectivity index (χ4n) is 3.31. The molecule has 0 radical (unpaired) electrons. The molecule has 0 aliphatic carbocycles. The molecule has 0 aromatic heterocycles. The van der Waals surface area contributed by atoms with Gasteiger partial charge < -0.3 is 14.9 Å². The van der Waals surface area contributed by atoms with E-state index in [1.165, 1.54) is 12.1 Å². The molecule has 1 heterocycles. The summed E-state index contributed by atoms with van der Waals surface area (Å²) in [6, 6.07) is 6.17. The van der Waals surface area contributed by atoms with Gasteiger partial charge >= 0.3 is 5.97 Å². The van der Waals surface area contributed by atoms with Crippen molar-refractivity contribution in [2.45, 2.75) is 53.6 Å². The highest BCUT2D eigenvalue weighted by Gasteiger charge is 2.35. The van der Waals surface area contributed by atoms with Crippen LogP contribution >= 0.6 is 0 Å². The van der Waals surface area contributed by atoms with Gasteiger partial charge in [0, 0.05) is 35.0 Å². The molecule has 0 saturated heterocycles. The number of hydrogen-bond donors (Lipinski definition) is 1. The molecule has 1 N–H and O–H groups in total. The van der Waals surface area contributed by atoms with Gasteiger partial charge in [0.15, 0.2) is 0 Å². The van der Waals surface area contributed by atoms with Crippen molar-refractivity contribution in [3.8, 4) is 0 Å². The molecule has 8 heteroatoms. The lowest BCUT2D eigenvalue weighted by atomic mass is 9.78. The minimum atomic E-state index is -0.490. The van der Waals surface area contributed by atoms with Crippen LogP contribution in [0.2, 0.25) is 0 Å². The molecule has 0 spiro atoms. The van der Waals surface area contributed by atoms with Crippen LogP contribution in [0.4, 0.5) is 5.69 Å². The van der Waals surface area contributed by atoms with Gasteiger partial charge in [-0.1, -0.05) is 17.3 Å². The van der Waals surface area contributed by atoms with Crippen molar-refractivity contribution in [2.24, 2.45) is 5.16 Å². The molecule has 29 heavy (non-hydrogen) atoms. The highest BCUT2D eigenvalue weighted by molar-refractivity contribution is 6.04. The number of nitro groups is 1. The Kier molecular flexibility index (Phi) is 7.14. The molecule has 0 amide bonds. The van der Waals surface area contributed by atoms with E-state index in [1.54, 1.807) is 19.1 Å². The number of benzene rings is 1. The zero-order chi connectivity index (χ0) is 21.7. The van der Waals surface area contributed by atoms with E-state index in [4.69, 9.17) is 9.57 Å². The Hall–Kier alpha value is -3.16. The second-order valence-electron chi connectivity index (χ2n) is 7.04. The number of rotatable bonds is 7. The molecule has 0 fully saturated rings. The number of esters is 1. The number of carbonyl (C=O) groups excluding carboxylic acids is 1. The van der Waals surface area contributed by atoms with E-state index in [0.29, 0.717) is 17.0 Å². The number of carbonyl (C=O) groups is 1. The third-order valence-corrected chi connectivity index (χ3v) is 4.48. The monoisotopic (exact) mass is 401 g/mol. The van der Waals surface area contributed by atoms with Gasteiger partial charge in [-0.25, -0.2) is 4.79 Å². The molecule has 156 valence electrons. The molecular weight excluding hydrogens is 374 g/mol. The summed E-state index contributed by atoms with van der Waals surface area (Å²) in [5.74, 6) is -0.931. The number of non-ortho nitro benzene ring substituents is 1. The zero-order valence-corrected chi connectivity index (χ0v) is 17.6. The predicted octanol–water partition coefficient (Wildman–Crippen LogP) is 4.19. The van der Waals surface area contributed by atoms with Crippen molar-refractivity contribution in [3.05, 3.63) is 62.5 Å². The first-order valence-electron chi connectivity index (χ1n) is 9.48. The van der Waals surface area contributed by atoms with Crippen LogP contribution in [-0.2, 0) is 14.4 Å². The minimum Gasteiger partial charge on any atom is -0.463 e. The highest BCUT2D eigenvalue weighted by Crippen LogP contribution is 2.39. The quantitative estimate of drug-likeness (QED) is 0.318. The summed E-state index contributed by atoms with van der Waals surface area (Å²) in [5.41, 5.74) is 4.04. The summed E-state index contributed by atoms with van der Waals surface area (Å²) in [6.07, 6.45) is -0.0953. The molecule has 1 aromatic carbocycles. The Morgan fingerprint density at radius 3 is 2.31 bits per heavy atom. The Morgan fingerprint density at radius 2 is 1.79 bits per heavy atom. The average molecular weight is 401 g/mol. The van der Waals surface area contributed by atoms with Crippen molar-refractivity contribution >= 4 is 17.4 Å². The SMILES string of the molecule is CCOC(=O)C1=C(C)NC(C)=C(C(C)=NOC(C)C)C1c1ccc([N+](=O)[O-])cc1. The lowest BCUT2D eigenvalue weighted by Gasteiger charge is -2.31. The predicted molar refractivity (Wildman–Crippen MR) is 110 cm³/mol. The summed E-state index contributed by atoms with van der Waals surface area (Å²) in [5, 5.41) is 18.5. The van der Waals surface area contributed by atoms with Crippen molar-refractivity contribution in [1.29, 1.82) is 0 Å². The fraction of sp³-hybridized carbons (Fsp3) is 0.429. The van der Waals surface area contributed by atoms with Crippen LogP contribution in [-0.4, -0.2) is 29.3 Å². The largest absolute Gasteiger partial charge is 0.463 e. The van der Waals surface area contributed by atoms with Gasteiger partial charge in [0.1, 0.15) is 6.10 Å². The number of nitro benzene ring substituents is 1. The normalized spacial score (nSPS) is 17.3. The van der Waals surface area contributed by atoms with Crippen molar-refractivity contribution < 1.29 is 19.3 Å². The first-order valence-corrected chi connectivity index (χ1v) is 9.48. The molecule has 2 rings (SSSR count). The Morgan fingerprint density at radius 1 is 1.21 bits per heavy atom. The zero-order valence-electron chi connectivity index (χ0n) is 17.6. The maximum Gasteiger partial charge on any atom is 0.336 e. The third kappa shape index (κ3) is 5.01. The summed E-state index contributed by atoms with van der Waals surface area (Å²) < 4.78 is 5.29. The van der Waals surface area contributed by atoms with Crippen molar-refractivity contribution in [3.63, 3.8) is 0 Å². The summed E-state index contributed by atoms with van der Waals surface area (Å²) in [7, 11) is 0. The number of allylic oxidation sites excluding steroid dienone is 3. The highest BCUT2D eigenvalue weighted by atomic mass is 16.6. The molecule has 1 aliphatic heterocycles. The van der Waals surface area contributed by atoms with Crippen LogP contribution in [0, 0.1) is 10.1 Å². The first-order chi connectivity index (χ1) is 13.7. The maximum absolute atomic E-state index is 12.8. The van der Waals surface area contributed by atoms with E-state index >= 15 is 0 Å². The summed E-state index contributed by atoms with van der Waals surface area (Å²) >= 11 is 0. The average Bonchev–Trinajstić information content (AvgIpc) is 2.65. The number of nitrogens with one attached hydrogen (secondary N) is 1. The van der Waals surface area contributed by atoms with E-state index < -0.39 is 16.8 Å². The molecule has 1 aromatic rings. The number of nitrogens with zero attached hydrogens (tertiary/aromatic N) is 2. The molecule has 0 bridgehead atoms. The summed E-state index contributed by atoms with van der Waals surface area (Å²) in [4.78, 5) is 28.8. The number of dihydropyridines is 1. The van der Waals surface area contributed by atoms with Gasteiger partial charge in [-0.05, 0) is 47.1 Å². The Labute approximate surface area is 170 Å². The standard InChI is InChI=1S/C21H27N3O5/c1-7-28-21(25)19-14(5)22-13(4)18(15(6)23-29-12(2)3)20(19)16-8-10-17(11-9-16)24(26)27/h8-12,20,22H,7H2,1-6H3. The van der Waals surface area contributed by atoms with Crippen LogP contribution in [0.15, 0.2) is 52.0 Å². The van der Waals surface area contributed by atoms with Crippen molar-refractivity contribution in [1.82, 2.24) is 5.32 Å². The Bertz CT molecular complexity index is 882. The minimum absolute atomic E-state index is 0.0168. The van der Waals surface area contributed by atoms with Gasteiger partial charge in [-0.3, -0.25) is 10.1 Å². The van der Waals surface area contributed by atoms with Gasteiger partial charge in [0.05, 0.1) is 22.8 Å². The molecule has 0 saturated carbocycles. The van der Waals surface area contributed by atoms with Crippen LogP contribution in [0.1, 0.15) is 53.0 Å². The van der Waals surface area contributed by atoms with E-state index in [2.05, 4.69) is 10.5 Å². The second-order valence-corrected chi connectivity index (χ2v) is 7.04. The molecular formula is C21H27N3O5. The second kappa shape index (κ2) is 9.36. The van der Waals surface area contributed by atoms with E-state index in [9.17, 15) is 14.9 Å². The Balaban J connectivity index is 2.63. The van der Waals surface area contributed by atoms with Crippen molar-refractivity contribution in [2.75, 3.05) is 6.61 Å². The number of ether oxygens (including phenoxy) is 1. The fourth-order valence-corrected chi connectivity index (χ4v) is 3.31.